The van der Waals surface area contributed by atoms with Crippen molar-refractivity contribution in [3.8, 4) is 5.75 Å². The number of non-ortho nitro benzene ring substituents is 1. The number of nitro benzene ring substituents is 1. The lowest BCUT2D eigenvalue weighted by molar-refractivity contribution is -0.384. The van der Waals surface area contributed by atoms with Gasteiger partial charge in [0.1, 0.15) is 5.75 Å². The minimum absolute atomic E-state index is 0.0114. The molecule has 0 aromatic heterocycles. The Kier molecular flexibility index (Phi) is 6.51. The third-order valence-electron chi connectivity index (χ3n) is 3.18. The van der Waals surface area contributed by atoms with E-state index in [1.807, 2.05) is 6.92 Å². The predicted molar refractivity (Wildman–Crippen MR) is 94.6 cm³/mol. The molecular weight excluding hydrogens is 364 g/mol. The van der Waals surface area contributed by atoms with Gasteiger partial charge in [0.25, 0.3) is 11.6 Å². The second kappa shape index (κ2) is 8.82. The quantitative estimate of drug-likeness (QED) is 0.449. The molecule has 0 fully saturated rings. The fraction of sp³-hybridized carbons (Fsp3) is 0.176. The Bertz CT molecular complexity index is 840. The van der Waals surface area contributed by atoms with Crippen LogP contribution in [0.5, 0.6) is 5.75 Å². The Balaban J connectivity index is 2.00. The molecule has 136 valence electrons. The molecule has 2 aromatic rings. The largest absolute Gasteiger partial charge is 0.492 e. The third kappa shape index (κ3) is 4.93. The fourth-order valence-electron chi connectivity index (χ4n) is 2.03. The van der Waals surface area contributed by atoms with Crippen LogP contribution in [0.3, 0.4) is 0 Å². The van der Waals surface area contributed by atoms with Gasteiger partial charge in [-0.3, -0.25) is 14.9 Å². The first-order chi connectivity index (χ1) is 12.4. The van der Waals surface area contributed by atoms with Crippen molar-refractivity contribution in [1.82, 2.24) is 0 Å². The topological polar surface area (TPSA) is 108 Å². The SMILES string of the molecule is CCOc1ccccc1NC(=O)COC(=O)c1cc([N+](=O)[O-])ccc1Cl. The maximum atomic E-state index is 12.0. The van der Waals surface area contributed by atoms with E-state index in [4.69, 9.17) is 21.1 Å². The van der Waals surface area contributed by atoms with Crippen molar-refractivity contribution in [1.29, 1.82) is 0 Å². The summed E-state index contributed by atoms with van der Waals surface area (Å²) in [5, 5.41) is 13.3. The monoisotopic (exact) mass is 378 g/mol. The second-order valence-corrected chi connectivity index (χ2v) is 5.38. The van der Waals surface area contributed by atoms with E-state index in [1.165, 1.54) is 6.07 Å². The summed E-state index contributed by atoms with van der Waals surface area (Å²) in [5.74, 6) is -1.05. The molecule has 0 atom stereocenters. The van der Waals surface area contributed by atoms with E-state index < -0.39 is 23.4 Å². The Morgan fingerprint density at radius 3 is 2.65 bits per heavy atom. The summed E-state index contributed by atoms with van der Waals surface area (Å²) in [4.78, 5) is 34.1. The van der Waals surface area contributed by atoms with E-state index >= 15 is 0 Å². The van der Waals surface area contributed by atoms with Gasteiger partial charge in [0, 0.05) is 12.1 Å². The van der Waals surface area contributed by atoms with E-state index in [2.05, 4.69) is 5.32 Å². The lowest BCUT2D eigenvalue weighted by Crippen LogP contribution is -2.21. The van der Waals surface area contributed by atoms with Gasteiger partial charge in [0.2, 0.25) is 0 Å². The number of halogens is 1. The summed E-state index contributed by atoms with van der Waals surface area (Å²) >= 11 is 5.86. The van der Waals surface area contributed by atoms with E-state index in [9.17, 15) is 19.7 Å². The summed E-state index contributed by atoms with van der Waals surface area (Å²) in [7, 11) is 0. The number of hydrogen-bond donors (Lipinski definition) is 1. The summed E-state index contributed by atoms with van der Waals surface area (Å²) < 4.78 is 10.3. The smallest absolute Gasteiger partial charge is 0.340 e. The van der Waals surface area contributed by atoms with Crippen molar-refractivity contribution >= 4 is 34.9 Å². The number of rotatable bonds is 7. The van der Waals surface area contributed by atoms with Crippen LogP contribution in [0.1, 0.15) is 17.3 Å². The van der Waals surface area contributed by atoms with Crippen LogP contribution in [0.15, 0.2) is 42.5 Å². The molecule has 0 bridgehead atoms. The molecule has 8 nitrogen and oxygen atoms in total. The van der Waals surface area contributed by atoms with Crippen molar-refractivity contribution < 1.29 is 24.0 Å². The van der Waals surface area contributed by atoms with E-state index in [0.717, 1.165) is 12.1 Å². The number of ether oxygens (including phenoxy) is 2. The van der Waals surface area contributed by atoms with Crippen LogP contribution in [-0.2, 0) is 9.53 Å². The molecule has 2 aromatic carbocycles. The molecule has 1 amide bonds. The van der Waals surface area contributed by atoms with Crippen LogP contribution >= 0.6 is 11.6 Å². The first-order valence-corrected chi connectivity index (χ1v) is 7.93. The molecule has 0 aliphatic carbocycles. The molecule has 0 spiro atoms. The number of anilines is 1. The number of benzene rings is 2. The molecule has 2 rings (SSSR count). The van der Waals surface area contributed by atoms with E-state index in [0.29, 0.717) is 18.0 Å². The molecule has 0 radical (unpaired) electrons. The van der Waals surface area contributed by atoms with Crippen LogP contribution < -0.4 is 10.1 Å². The summed E-state index contributed by atoms with van der Waals surface area (Å²) in [6.45, 7) is 1.65. The molecule has 0 unspecified atom stereocenters. The van der Waals surface area contributed by atoms with Crippen molar-refractivity contribution in [3.05, 3.63) is 63.2 Å². The van der Waals surface area contributed by atoms with Crippen LogP contribution in [0, 0.1) is 10.1 Å². The Hall–Kier alpha value is -3.13. The first-order valence-electron chi connectivity index (χ1n) is 7.55. The Morgan fingerprint density at radius 1 is 1.23 bits per heavy atom. The minimum atomic E-state index is -0.938. The number of para-hydroxylation sites is 2. The highest BCUT2D eigenvalue weighted by Crippen LogP contribution is 2.24. The van der Waals surface area contributed by atoms with E-state index in [1.54, 1.807) is 24.3 Å². The van der Waals surface area contributed by atoms with Gasteiger partial charge in [0.15, 0.2) is 6.61 Å². The van der Waals surface area contributed by atoms with Gasteiger partial charge in [-0.25, -0.2) is 4.79 Å². The first kappa shape index (κ1) is 19.2. The number of amides is 1. The van der Waals surface area contributed by atoms with Crippen LogP contribution in [0.4, 0.5) is 11.4 Å². The van der Waals surface area contributed by atoms with Gasteiger partial charge in [0.05, 0.1) is 27.8 Å². The van der Waals surface area contributed by atoms with Gasteiger partial charge in [-0.2, -0.15) is 0 Å². The zero-order valence-corrected chi connectivity index (χ0v) is 14.5. The highest BCUT2D eigenvalue weighted by Gasteiger charge is 2.18. The van der Waals surface area contributed by atoms with E-state index in [-0.39, 0.29) is 16.3 Å². The van der Waals surface area contributed by atoms with Crippen molar-refractivity contribution in [2.45, 2.75) is 6.92 Å². The van der Waals surface area contributed by atoms with Crippen molar-refractivity contribution in [2.24, 2.45) is 0 Å². The maximum absolute atomic E-state index is 12.0. The molecule has 0 saturated carbocycles. The molecule has 26 heavy (non-hydrogen) atoms. The van der Waals surface area contributed by atoms with Crippen molar-refractivity contribution in [3.63, 3.8) is 0 Å². The Morgan fingerprint density at radius 2 is 1.96 bits per heavy atom. The molecular formula is C17H15ClN2O6. The summed E-state index contributed by atoms with van der Waals surface area (Å²) in [6.07, 6.45) is 0. The number of nitrogens with one attached hydrogen (secondary N) is 1. The number of nitro groups is 1. The van der Waals surface area contributed by atoms with Crippen LogP contribution in [-0.4, -0.2) is 30.0 Å². The van der Waals surface area contributed by atoms with Gasteiger partial charge in [-0.15, -0.1) is 0 Å². The zero-order chi connectivity index (χ0) is 19.1. The van der Waals surface area contributed by atoms with Gasteiger partial charge in [-0.1, -0.05) is 23.7 Å². The number of hydrogen-bond acceptors (Lipinski definition) is 6. The lowest BCUT2D eigenvalue weighted by Gasteiger charge is -2.11. The maximum Gasteiger partial charge on any atom is 0.340 e. The Labute approximate surface area is 153 Å². The number of carbonyl (C=O) groups excluding carboxylic acids is 2. The lowest BCUT2D eigenvalue weighted by atomic mass is 10.2. The molecule has 0 heterocycles. The number of esters is 1. The fourth-order valence-corrected chi connectivity index (χ4v) is 2.22. The zero-order valence-electron chi connectivity index (χ0n) is 13.7. The number of nitrogens with zero attached hydrogens (tertiary/aromatic N) is 1. The van der Waals surface area contributed by atoms with Crippen molar-refractivity contribution in [2.75, 3.05) is 18.5 Å². The summed E-state index contributed by atoms with van der Waals surface area (Å²) in [6, 6.07) is 10.2. The second-order valence-electron chi connectivity index (χ2n) is 4.97. The van der Waals surface area contributed by atoms with Crippen LogP contribution in [0.2, 0.25) is 5.02 Å². The van der Waals surface area contributed by atoms with Gasteiger partial charge < -0.3 is 14.8 Å². The summed E-state index contributed by atoms with van der Waals surface area (Å²) in [5.41, 5.74) is -0.0661. The average molecular weight is 379 g/mol. The molecule has 0 saturated heterocycles. The molecule has 0 aliphatic rings. The average Bonchev–Trinajstić information content (AvgIpc) is 2.61. The standard InChI is InChI=1S/C17H15ClN2O6/c1-2-25-15-6-4-3-5-14(15)19-16(21)10-26-17(22)12-9-11(20(23)24)7-8-13(12)18/h3-9H,2,10H2,1H3,(H,19,21). The predicted octanol–water partition coefficient (Wildman–Crippen LogP) is 3.44. The molecule has 9 heteroatoms. The highest BCUT2D eigenvalue weighted by molar-refractivity contribution is 6.33. The van der Waals surface area contributed by atoms with Crippen LogP contribution in [0.25, 0.3) is 0 Å². The molecule has 1 N–H and O–H groups in total. The highest BCUT2D eigenvalue weighted by atomic mass is 35.5. The van der Waals surface area contributed by atoms with Gasteiger partial charge in [-0.05, 0) is 25.1 Å². The minimum Gasteiger partial charge on any atom is -0.492 e. The van der Waals surface area contributed by atoms with Gasteiger partial charge >= 0.3 is 5.97 Å². The molecule has 0 aliphatic heterocycles. The third-order valence-corrected chi connectivity index (χ3v) is 3.51. The number of carbonyl (C=O) groups is 2. The normalized spacial score (nSPS) is 10.1.